The summed E-state index contributed by atoms with van der Waals surface area (Å²) in [7, 11) is 2.70. The number of carbonyl (C=O) groups is 1. The van der Waals surface area contributed by atoms with Crippen LogP contribution in [0.15, 0.2) is 54.9 Å². The molecule has 0 bridgehead atoms. The zero-order chi connectivity index (χ0) is 19.8. The number of anilines is 2. The van der Waals surface area contributed by atoms with E-state index < -0.39 is 6.09 Å². The first-order valence-electron chi connectivity index (χ1n) is 8.68. The molecule has 28 heavy (non-hydrogen) atoms. The van der Waals surface area contributed by atoms with E-state index in [1.807, 2.05) is 36.4 Å². The Morgan fingerprint density at radius 2 is 1.89 bits per heavy atom. The minimum absolute atomic E-state index is 0.527. The summed E-state index contributed by atoms with van der Waals surface area (Å²) >= 11 is 0. The Bertz CT molecular complexity index is 1020. The Morgan fingerprint density at radius 3 is 2.71 bits per heavy atom. The summed E-state index contributed by atoms with van der Waals surface area (Å²) in [5.74, 6) is 6.97. The number of hydrogen-bond acceptors (Lipinski definition) is 6. The van der Waals surface area contributed by atoms with Gasteiger partial charge in [0, 0.05) is 18.4 Å². The highest BCUT2D eigenvalue weighted by Crippen LogP contribution is 2.21. The molecule has 0 aliphatic rings. The summed E-state index contributed by atoms with van der Waals surface area (Å²) in [6.07, 6.45) is 1.52. The van der Waals surface area contributed by atoms with Crippen LogP contribution in [-0.4, -0.2) is 36.8 Å². The van der Waals surface area contributed by atoms with Crippen molar-refractivity contribution in [3.63, 3.8) is 0 Å². The average Bonchev–Trinajstić information content (AvgIpc) is 2.75. The number of aromatic nitrogens is 2. The Hall–Kier alpha value is -3.63. The summed E-state index contributed by atoms with van der Waals surface area (Å²) in [4.78, 5) is 25.5. The van der Waals surface area contributed by atoms with Gasteiger partial charge in [0.05, 0.1) is 31.0 Å². The fourth-order valence-corrected chi connectivity index (χ4v) is 2.66. The third kappa shape index (κ3) is 4.37. The van der Waals surface area contributed by atoms with Gasteiger partial charge in [-0.1, -0.05) is 36.1 Å². The maximum atomic E-state index is 11.8. The second-order valence-corrected chi connectivity index (χ2v) is 5.68. The molecule has 0 saturated heterocycles. The number of nitrogens with one attached hydrogen (secondary N) is 1. The number of methoxy groups -OCH3 is 1. The van der Waals surface area contributed by atoms with Crippen molar-refractivity contribution in [1.82, 2.24) is 9.97 Å². The number of carbonyl (C=O) groups excluding carboxylic acids is 1. The first kappa shape index (κ1) is 19.1. The lowest BCUT2D eigenvalue weighted by Crippen LogP contribution is -2.30. The maximum Gasteiger partial charge on any atom is 0.438 e. The van der Waals surface area contributed by atoms with Crippen molar-refractivity contribution < 1.29 is 14.4 Å². The second kappa shape index (κ2) is 9.35. The number of benzene rings is 2. The van der Waals surface area contributed by atoms with E-state index >= 15 is 0 Å². The molecule has 0 aliphatic heterocycles. The number of rotatable bonds is 5. The third-order valence-electron chi connectivity index (χ3n) is 3.95. The Labute approximate surface area is 163 Å². The van der Waals surface area contributed by atoms with Crippen LogP contribution in [0.25, 0.3) is 10.9 Å². The van der Waals surface area contributed by atoms with Crippen molar-refractivity contribution in [2.24, 2.45) is 0 Å². The van der Waals surface area contributed by atoms with Crippen LogP contribution in [0.4, 0.5) is 16.3 Å². The SMILES string of the molecule is COC(=O)N(OC)c1ccccc1C#CCCNc1ncnc2ccccc12. The third-order valence-corrected chi connectivity index (χ3v) is 3.95. The first-order chi connectivity index (χ1) is 13.7. The predicted octanol–water partition coefficient (Wildman–Crippen LogP) is 3.62. The zero-order valence-corrected chi connectivity index (χ0v) is 15.7. The van der Waals surface area contributed by atoms with E-state index in [4.69, 9.17) is 9.57 Å². The van der Waals surface area contributed by atoms with Gasteiger partial charge in [0.2, 0.25) is 0 Å². The lowest BCUT2D eigenvalue weighted by atomic mass is 10.1. The minimum atomic E-state index is -0.617. The Kier molecular flexibility index (Phi) is 6.39. The van der Waals surface area contributed by atoms with Crippen LogP contribution in [0.5, 0.6) is 0 Å². The minimum Gasteiger partial charge on any atom is -0.451 e. The topological polar surface area (TPSA) is 76.6 Å². The second-order valence-electron chi connectivity index (χ2n) is 5.68. The summed E-state index contributed by atoms with van der Waals surface area (Å²) in [6.45, 7) is 0.626. The monoisotopic (exact) mass is 376 g/mol. The molecule has 3 rings (SSSR count). The van der Waals surface area contributed by atoms with Crippen LogP contribution < -0.4 is 10.4 Å². The zero-order valence-electron chi connectivity index (χ0n) is 15.7. The number of fused-ring (bicyclic) bond motifs is 1. The molecular formula is C21H20N4O3. The first-order valence-corrected chi connectivity index (χ1v) is 8.68. The van der Waals surface area contributed by atoms with Crippen molar-refractivity contribution >= 4 is 28.5 Å². The number of amides is 1. The molecule has 1 amide bonds. The number of hydroxylamine groups is 1. The van der Waals surface area contributed by atoms with Gasteiger partial charge in [-0.05, 0) is 24.3 Å². The summed E-state index contributed by atoms with van der Waals surface area (Å²) in [5, 5.41) is 5.32. The lowest BCUT2D eigenvalue weighted by molar-refractivity contribution is 0.115. The molecule has 0 aliphatic carbocycles. The van der Waals surface area contributed by atoms with Gasteiger partial charge in [-0.2, -0.15) is 5.06 Å². The van der Waals surface area contributed by atoms with Gasteiger partial charge in [0.1, 0.15) is 12.1 Å². The summed E-state index contributed by atoms with van der Waals surface area (Å²) in [6, 6.07) is 15.0. The van der Waals surface area contributed by atoms with Crippen LogP contribution in [0.3, 0.4) is 0 Å². The van der Waals surface area contributed by atoms with Crippen LogP contribution in [-0.2, 0) is 9.57 Å². The van der Waals surface area contributed by atoms with Crippen molar-refractivity contribution in [2.75, 3.05) is 31.1 Å². The molecule has 1 N–H and O–H groups in total. The molecule has 1 heterocycles. The molecule has 0 unspecified atom stereocenters. The van der Waals surface area contributed by atoms with Gasteiger partial charge in [0.25, 0.3) is 0 Å². The van der Waals surface area contributed by atoms with Gasteiger partial charge in [-0.3, -0.25) is 4.84 Å². The van der Waals surface area contributed by atoms with E-state index in [1.165, 1.54) is 14.2 Å². The van der Waals surface area contributed by atoms with Crippen LogP contribution >= 0.6 is 0 Å². The molecule has 0 spiro atoms. The smallest absolute Gasteiger partial charge is 0.438 e. The van der Waals surface area contributed by atoms with E-state index in [0.717, 1.165) is 21.8 Å². The van der Waals surface area contributed by atoms with Gasteiger partial charge < -0.3 is 10.1 Å². The van der Waals surface area contributed by atoms with Crippen LogP contribution in [0.1, 0.15) is 12.0 Å². The van der Waals surface area contributed by atoms with Crippen LogP contribution in [0, 0.1) is 11.8 Å². The van der Waals surface area contributed by atoms with E-state index in [0.29, 0.717) is 24.2 Å². The quantitative estimate of drug-likeness (QED) is 0.416. The molecule has 0 saturated carbocycles. The van der Waals surface area contributed by atoms with Crippen LogP contribution in [0.2, 0.25) is 0 Å². The molecule has 0 radical (unpaired) electrons. The molecule has 142 valence electrons. The average molecular weight is 376 g/mol. The van der Waals surface area contributed by atoms with E-state index in [2.05, 4.69) is 27.1 Å². The van der Waals surface area contributed by atoms with E-state index in [1.54, 1.807) is 18.5 Å². The highest BCUT2D eigenvalue weighted by Gasteiger charge is 2.18. The highest BCUT2D eigenvalue weighted by atomic mass is 16.7. The fraction of sp³-hybridized carbons (Fsp3) is 0.190. The number of nitrogens with zero attached hydrogens (tertiary/aromatic N) is 3. The number of hydrogen-bond donors (Lipinski definition) is 1. The van der Waals surface area contributed by atoms with Gasteiger partial charge in [-0.25, -0.2) is 14.8 Å². The van der Waals surface area contributed by atoms with Crippen molar-refractivity contribution in [3.05, 3.63) is 60.4 Å². The van der Waals surface area contributed by atoms with Gasteiger partial charge in [-0.15, -0.1) is 0 Å². The molecule has 7 heteroatoms. The Balaban J connectivity index is 1.68. The predicted molar refractivity (Wildman–Crippen MR) is 108 cm³/mol. The van der Waals surface area contributed by atoms with Gasteiger partial charge >= 0.3 is 6.09 Å². The molecular weight excluding hydrogens is 356 g/mol. The maximum absolute atomic E-state index is 11.8. The number of para-hydroxylation sites is 2. The van der Waals surface area contributed by atoms with Crippen molar-refractivity contribution in [2.45, 2.75) is 6.42 Å². The molecule has 2 aromatic carbocycles. The molecule has 0 fully saturated rings. The van der Waals surface area contributed by atoms with Crippen molar-refractivity contribution in [3.8, 4) is 11.8 Å². The largest absolute Gasteiger partial charge is 0.451 e. The standard InChI is InChI=1S/C21H20N4O3/c1-27-21(26)25(28-2)19-13-6-3-9-16(19)10-7-8-14-22-20-17-11-4-5-12-18(17)23-15-24-20/h3-6,9,11-13,15H,8,14H2,1-2H3,(H,22,23,24). The fourth-order valence-electron chi connectivity index (χ4n) is 2.66. The molecule has 1 aromatic heterocycles. The van der Waals surface area contributed by atoms with Gasteiger partial charge in [0.15, 0.2) is 0 Å². The summed E-state index contributed by atoms with van der Waals surface area (Å²) in [5.41, 5.74) is 2.09. The Morgan fingerprint density at radius 1 is 1.11 bits per heavy atom. The van der Waals surface area contributed by atoms with Crippen molar-refractivity contribution in [1.29, 1.82) is 0 Å². The molecule has 7 nitrogen and oxygen atoms in total. The normalized spacial score (nSPS) is 10.1. The lowest BCUT2D eigenvalue weighted by Gasteiger charge is -2.19. The number of ether oxygens (including phenoxy) is 1. The van der Waals surface area contributed by atoms with E-state index in [9.17, 15) is 4.79 Å². The molecule has 0 atom stereocenters. The summed E-state index contributed by atoms with van der Waals surface area (Å²) < 4.78 is 4.73. The van der Waals surface area contributed by atoms with E-state index in [-0.39, 0.29) is 0 Å². The molecule has 3 aromatic rings. The highest BCUT2D eigenvalue weighted by molar-refractivity contribution is 5.88.